The summed E-state index contributed by atoms with van der Waals surface area (Å²) in [5.41, 5.74) is 2.72. The average Bonchev–Trinajstić information content (AvgIpc) is 2.96. The molecule has 0 amide bonds. The van der Waals surface area contributed by atoms with Crippen molar-refractivity contribution in [3.8, 4) is 0 Å². The topological polar surface area (TPSA) is 57.7 Å². The van der Waals surface area contributed by atoms with Gasteiger partial charge in [-0.2, -0.15) is 0 Å². The van der Waals surface area contributed by atoms with Crippen molar-refractivity contribution >= 4 is 28.6 Å². The normalized spacial score (nSPS) is 10.8. The van der Waals surface area contributed by atoms with E-state index in [0.717, 1.165) is 17.9 Å². The number of halogens is 1. The number of imidazole rings is 1. The zero-order valence-corrected chi connectivity index (χ0v) is 11.6. The van der Waals surface area contributed by atoms with Crippen molar-refractivity contribution in [3.63, 3.8) is 0 Å². The molecule has 0 saturated heterocycles. The van der Waals surface area contributed by atoms with E-state index in [1.165, 1.54) is 11.9 Å². The van der Waals surface area contributed by atoms with Crippen LogP contribution in [0, 0.1) is 0 Å². The Morgan fingerprint density at radius 1 is 1.10 bits per heavy atom. The van der Waals surface area contributed by atoms with Gasteiger partial charge in [-0.3, -0.25) is 0 Å². The van der Waals surface area contributed by atoms with Crippen LogP contribution in [0.5, 0.6) is 0 Å². The van der Waals surface area contributed by atoms with Crippen molar-refractivity contribution in [1.82, 2.24) is 19.9 Å². The van der Waals surface area contributed by atoms with Gasteiger partial charge in [0, 0.05) is 19.0 Å². The number of nitrogens with zero attached hydrogens (tertiary/aromatic N) is 4. The maximum absolute atomic E-state index is 5.93. The van der Waals surface area contributed by atoms with Gasteiger partial charge in [-0.05, 0) is 5.56 Å². The maximum Gasteiger partial charge on any atom is 0.182 e. The highest BCUT2D eigenvalue weighted by Crippen LogP contribution is 2.21. The fourth-order valence-corrected chi connectivity index (χ4v) is 2.36. The molecule has 0 saturated carbocycles. The van der Waals surface area contributed by atoms with E-state index in [2.05, 4.69) is 37.0 Å². The molecular formula is C14H14ClN5. The molecule has 3 rings (SSSR count). The summed E-state index contributed by atoms with van der Waals surface area (Å²) >= 11 is 5.93. The second-order valence-electron chi connectivity index (χ2n) is 4.39. The first-order valence-corrected chi connectivity index (χ1v) is 6.91. The molecule has 3 aromatic rings. The maximum atomic E-state index is 5.93. The predicted molar refractivity (Wildman–Crippen MR) is 79.9 cm³/mol. The second-order valence-corrected chi connectivity index (χ2v) is 4.77. The van der Waals surface area contributed by atoms with Gasteiger partial charge in [-0.15, -0.1) is 11.6 Å². The van der Waals surface area contributed by atoms with Crippen LogP contribution in [0.15, 0.2) is 43.0 Å². The third kappa shape index (κ3) is 2.58. The largest absolute Gasteiger partial charge is 0.349 e. The minimum Gasteiger partial charge on any atom is -0.349 e. The van der Waals surface area contributed by atoms with Crippen molar-refractivity contribution in [3.05, 3.63) is 48.5 Å². The van der Waals surface area contributed by atoms with Gasteiger partial charge in [0.25, 0.3) is 0 Å². The fourth-order valence-electron chi connectivity index (χ4n) is 2.16. The molecule has 0 radical (unpaired) electrons. The van der Waals surface area contributed by atoms with E-state index in [9.17, 15) is 0 Å². The molecule has 102 valence electrons. The first kappa shape index (κ1) is 12.9. The van der Waals surface area contributed by atoms with Crippen molar-refractivity contribution in [2.75, 3.05) is 17.3 Å². The Bertz CT molecular complexity index is 682. The van der Waals surface area contributed by atoms with Gasteiger partial charge < -0.3 is 9.88 Å². The molecule has 2 aromatic heterocycles. The Balaban J connectivity index is 1.96. The number of H-pyrrole nitrogens is 1. The highest BCUT2D eigenvalue weighted by molar-refractivity contribution is 6.18. The molecule has 20 heavy (non-hydrogen) atoms. The van der Waals surface area contributed by atoms with Gasteiger partial charge in [-0.25, -0.2) is 15.0 Å². The van der Waals surface area contributed by atoms with E-state index < -0.39 is 0 Å². The zero-order valence-electron chi connectivity index (χ0n) is 10.8. The van der Waals surface area contributed by atoms with Gasteiger partial charge >= 0.3 is 0 Å². The molecule has 1 N–H and O–H groups in total. The summed E-state index contributed by atoms with van der Waals surface area (Å²) in [5, 5.41) is 0. The fraction of sp³-hybridized carbons (Fsp3) is 0.214. The highest BCUT2D eigenvalue weighted by Gasteiger charge is 2.13. The van der Waals surface area contributed by atoms with Crippen molar-refractivity contribution in [2.45, 2.75) is 6.54 Å². The number of fused-ring (bicyclic) bond motifs is 1. The van der Waals surface area contributed by atoms with Crippen molar-refractivity contribution < 1.29 is 0 Å². The Labute approximate surface area is 121 Å². The van der Waals surface area contributed by atoms with Crippen LogP contribution in [0.1, 0.15) is 5.56 Å². The summed E-state index contributed by atoms with van der Waals surface area (Å²) < 4.78 is 0. The van der Waals surface area contributed by atoms with Crippen LogP contribution in [-0.4, -0.2) is 32.4 Å². The number of hydrogen-bond acceptors (Lipinski definition) is 4. The lowest BCUT2D eigenvalue weighted by Crippen LogP contribution is -2.26. The van der Waals surface area contributed by atoms with Gasteiger partial charge in [0.05, 0.1) is 6.33 Å². The monoisotopic (exact) mass is 287 g/mol. The van der Waals surface area contributed by atoms with Gasteiger partial charge in [0.1, 0.15) is 11.8 Å². The Morgan fingerprint density at radius 2 is 1.95 bits per heavy atom. The minimum atomic E-state index is 0.534. The van der Waals surface area contributed by atoms with E-state index in [1.54, 1.807) is 6.33 Å². The summed E-state index contributed by atoms with van der Waals surface area (Å²) in [6.45, 7) is 1.46. The average molecular weight is 288 g/mol. The van der Waals surface area contributed by atoms with E-state index in [0.29, 0.717) is 18.1 Å². The Morgan fingerprint density at radius 3 is 2.75 bits per heavy atom. The zero-order chi connectivity index (χ0) is 13.8. The molecule has 0 aliphatic carbocycles. The number of rotatable bonds is 5. The Hall–Kier alpha value is -2.14. The first-order chi connectivity index (χ1) is 9.88. The lowest BCUT2D eigenvalue weighted by molar-refractivity contribution is 0.818. The second kappa shape index (κ2) is 5.88. The summed E-state index contributed by atoms with van der Waals surface area (Å²) in [7, 11) is 0. The number of hydrogen-bond donors (Lipinski definition) is 1. The molecule has 0 unspecified atom stereocenters. The van der Waals surface area contributed by atoms with Crippen LogP contribution >= 0.6 is 11.6 Å². The smallest absolute Gasteiger partial charge is 0.182 e. The third-order valence-electron chi connectivity index (χ3n) is 3.07. The van der Waals surface area contributed by atoms with Gasteiger partial charge in [0.15, 0.2) is 11.5 Å². The van der Waals surface area contributed by atoms with E-state index in [4.69, 9.17) is 11.6 Å². The van der Waals surface area contributed by atoms with Crippen LogP contribution in [0.2, 0.25) is 0 Å². The van der Waals surface area contributed by atoms with Crippen LogP contribution in [-0.2, 0) is 6.54 Å². The third-order valence-corrected chi connectivity index (χ3v) is 3.24. The molecule has 1 aromatic carbocycles. The number of aromatic nitrogens is 4. The first-order valence-electron chi connectivity index (χ1n) is 6.37. The molecule has 0 fully saturated rings. The lowest BCUT2D eigenvalue weighted by Gasteiger charge is -2.23. The number of nitrogens with one attached hydrogen (secondary N) is 1. The van der Waals surface area contributed by atoms with E-state index >= 15 is 0 Å². The summed E-state index contributed by atoms with van der Waals surface area (Å²) in [6, 6.07) is 10.2. The molecule has 0 spiro atoms. The predicted octanol–water partition coefficient (Wildman–Crippen LogP) is 2.60. The number of aromatic amines is 1. The van der Waals surface area contributed by atoms with Crippen molar-refractivity contribution in [2.24, 2.45) is 0 Å². The van der Waals surface area contributed by atoms with Gasteiger partial charge in [0.2, 0.25) is 0 Å². The van der Waals surface area contributed by atoms with E-state index in [1.807, 2.05) is 18.2 Å². The van der Waals surface area contributed by atoms with Crippen LogP contribution in [0.25, 0.3) is 11.2 Å². The molecule has 0 aliphatic heterocycles. The number of benzene rings is 1. The number of alkyl halides is 1. The highest BCUT2D eigenvalue weighted by atomic mass is 35.5. The molecule has 6 heteroatoms. The van der Waals surface area contributed by atoms with E-state index in [-0.39, 0.29) is 0 Å². The van der Waals surface area contributed by atoms with Crippen LogP contribution < -0.4 is 4.90 Å². The molecule has 0 bridgehead atoms. The summed E-state index contributed by atoms with van der Waals surface area (Å²) in [5.74, 6) is 1.36. The standard InChI is InChI=1S/C14H14ClN5/c15-6-7-20(8-11-4-2-1-3-5-11)14-12-13(17-9-16-12)18-10-19-14/h1-5,9-10H,6-8H2,(H,16,17,18,19). The van der Waals surface area contributed by atoms with Crippen LogP contribution in [0.4, 0.5) is 5.82 Å². The summed E-state index contributed by atoms with van der Waals surface area (Å²) in [6.07, 6.45) is 3.16. The van der Waals surface area contributed by atoms with Crippen LogP contribution in [0.3, 0.4) is 0 Å². The summed E-state index contributed by atoms with van der Waals surface area (Å²) in [4.78, 5) is 17.9. The quantitative estimate of drug-likeness (QED) is 0.733. The molecule has 0 atom stereocenters. The SMILES string of the molecule is ClCCN(Cc1ccccc1)c1ncnc2nc[nH]c12. The Kier molecular flexibility index (Phi) is 3.78. The molecule has 0 aliphatic rings. The molecule has 5 nitrogen and oxygen atoms in total. The van der Waals surface area contributed by atoms with Crippen molar-refractivity contribution in [1.29, 1.82) is 0 Å². The molecule has 2 heterocycles. The minimum absolute atomic E-state index is 0.534. The lowest BCUT2D eigenvalue weighted by atomic mass is 10.2. The number of anilines is 1. The molecular weight excluding hydrogens is 274 g/mol. The van der Waals surface area contributed by atoms with Gasteiger partial charge in [-0.1, -0.05) is 30.3 Å².